The van der Waals surface area contributed by atoms with E-state index in [0.29, 0.717) is 18.3 Å². The maximum absolute atomic E-state index is 10.4. The fourth-order valence-electron chi connectivity index (χ4n) is 4.60. The highest BCUT2D eigenvalue weighted by molar-refractivity contribution is 5.20. The van der Waals surface area contributed by atoms with Crippen LogP contribution < -0.4 is 5.73 Å². The summed E-state index contributed by atoms with van der Waals surface area (Å²) in [5, 5.41) is 20.9. The van der Waals surface area contributed by atoms with Gasteiger partial charge in [-0.2, -0.15) is 0 Å². The number of unbranched alkanes of at least 4 members (excludes halogenated alkanes) is 3. The summed E-state index contributed by atoms with van der Waals surface area (Å²) in [6, 6.07) is 0. The lowest BCUT2D eigenvalue weighted by Crippen LogP contribution is -2.23. The summed E-state index contributed by atoms with van der Waals surface area (Å²) in [6.07, 6.45) is 17.1. The van der Waals surface area contributed by atoms with E-state index in [2.05, 4.69) is 25.2 Å². The van der Waals surface area contributed by atoms with E-state index in [1.54, 1.807) is 5.57 Å². The van der Waals surface area contributed by atoms with Crippen molar-refractivity contribution in [2.45, 2.75) is 89.8 Å². The molecular formula is C22H39NO2. The first kappa shape index (κ1) is 20.7. The van der Waals surface area contributed by atoms with Gasteiger partial charge in [0.25, 0.3) is 0 Å². The predicted molar refractivity (Wildman–Crippen MR) is 105 cm³/mol. The van der Waals surface area contributed by atoms with Crippen LogP contribution in [0.25, 0.3) is 0 Å². The molecule has 4 N–H and O–H groups in total. The molecule has 0 radical (unpaired) electrons. The van der Waals surface area contributed by atoms with Gasteiger partial charge in [0.05, 0.1) is 11.7 Å². The molecule has 0 bridgehead atoms. The standard InChI is InChI=1S/C22H39NO2/c1-3-4-11-22(2,25)12-8-10-19-20-15-17(9-6-5-7-13-23)14-18(20)16-21(19)24/h8,10,14,18-21,24-25H,3-7,9,11-13,15-16,23H2,1-2H3/t18-,19+,20-,21+,22+/m0/s1. The van der Waals surface area contributed by atoms with Gasteiger partial charge in [-0.05, 0) is 70.3 Å². The van der Waals surface area contributed by atoms with Crippen LogP contribution in [-0.4, -0.2) is 28.5 Å². The molecule has 5 atom stereocenters. The molecule has 1 fully saturated rings. The molecule has 2 rings (SSSR count). The van der Waals surface area contributed by atoms with E-state index in [1.807, 2.05) is 6.92 Å². The Kier molecular flexibility index (Phi) is 8.18. The van der Waals surface area contributed by atoms with E-state index in [-0.39, 0.29) is 12.0 Å². The summed E-state index contributed by atoms with van der Waals surface area (Å²) < 4.78 is 0. The van der Waals surface area contributed by atoms with Gasteiger partial charge in [0.15, 0.2) is 0 Å². The van der Waals surface area contributed by atoms with Crippen molar-refractivity contribution < 1.29 is 10.2 Å². The third kappa shape index (κ3) is 6.23. The van der Waals surface area contributed by atoms with E-state index >= 15 is 0 Å². The molecule has 3 heteroatoms. The highest BCUT2D eigenvalue weighted by Gasteiger charge is 2.43. The summed E-state index contributed by atoms with van der Waals surface area (Å²) in [5.41, 5.74) is 6.54. The predicted octanol–water partition coefficient (Wildman–Crippen LogP) is 4.34. The van der Waals surface area contributed by atoms with Crippen LogP contribution >= 0.6 is 0 Å². The topological polar surface area (TPSA) is 66.5 Å². The number of aliphatic hydroxyl groups is 2. The lowest BCUT2D eigenvalue weighted by Gasteiger charge is -2.22. The van der Waals surface area contributed by atoms with Gasteiger partial charge < -0.3 is 15.9 Å². The zero-order valence-corrected chi connectivity index (χ0v) is 16.3. The van der Waals surface area contributed by atoms with E-state index < -0.39 is 5.60 Å². The molecule has 144 valence electrons. The van der Waals surface area contributed by atoms with Crippen LogP contribution in [0.3, 0.4) is 0 Å². The second-order valence-corrected chi connectivity index (χ2v) is 8.57. The van der Waals surface area contributed by atoms with E-state index in [9.17, 15) is 10.2 Å². The van der Waals surface area contributed by atoms with Gasteiger partial charge in [-0.15, -0.1) is 0 Å². The van der Waals surface area contributed by atoms with Crippen LogP contribution in [0.1, 0.15) is 78.1 Å². The molecule has 0 amide bonds. The zero-order valence-electron chi connectivity index (χ0n) is 16.3. The van der Waals surface area contributed by atoms with Crippen LogP contribution in [0.5, 0.6) is 0 Å². The molecule has 0 spiro atoms. The van der Waals surface area contributed by atoms with E-state index in [0.717, 1.165) is 45.1 Å². The Morgan fingerprint density at radius 3 is 2.80 bits per heavy atom. The van der Waals surface area contributed by atoms with E-state index in [4.69, 9.17) is 5.73 Å². The Bertz CT molecular complexity index is 455. The maximum Gasteiger partial charge on any atom is 0.0654 e. The van der Waals surface area contributed by atoms with Crippen molar-refractivity contribution in [3.05, 3.63) is 23.8 Å². The zero-order chi connectivity index (χ0) is 18.3. The molecule has 25 heavy (non-hydrogen) atoms. The summed E-state index contributed by atoms with van der Waals surface area (Å²) in [5.74, 6) is 1.37. The van der Waals surface area contributed by atoms with Gasteiger partial charge in [0.1, 0.15) is 0 Å². The van der Waals surface area contributed by atoms with Crippen molar-refractivity contribution in [1.29, 1.82) is 0 Å². The van der Waals surface area contributed by atoms with Crippen LogP contribution in [0, 0.1) is 17.8 Å². The normalized spacial score (nSPS) is 31.3. The first-order chi connectivity index (χ1) is 12.0. The van der Waals surface area contributed by atoms with Crippen LogP contribution in [0.2, 0.25) is 0 Å². The summed E-state index contributed by atoms with van der Waals surface area (Å²) in [6.45, 7) is 4.88. The monoisotopic (exact) mass is 349 g/mol. The van der Waals surface area contributed by atoms with Crippen molar-refractivity contribution in [2.75, 3.05) is 6.54 Å². The number of aliphatic hydroxyl groups excluding tert-OH is 1. The largest absolute Gasteiger partial charge is 0.392 e. The average Bonchev–Trinajstić information content (AvgIpc) is 3.07. The fraction of sp³-hybridized carbons (Fsp3) is 0.818. The second kappa shape index (κ2) is 9.89. The quantitative estimate of drug-likeness (QED) is 0.384. The second-order valence-electron chi connectivity index (χ2n) is 8.57. The molecular weight excluding hydrogens is 310 g/mol. The Balaban J connectivity index is 1.82. The number of hydrogen-bond acceptors (Lipinski definition) is 3. The first-order valence-electron chi connectivity index (χ1n) is 10.4. The highest BCUT2D eigenvalue weighted by Crippen LogP contribution is 2.48. The van der Waals surface area contributed by atoms with Crippen LogP contribution in [-0.2, 0) is 0 Å². The number of nitrogens with two attached hydrogens (primary N) is 1. The number of hydrogen-bond donors (Lipinski definition) is 3. The Hall–Kier alpha value is -0.640. The SMILES string of the molecule is CCCC[C@@](C)(O)CC=C[C@@H]1[C@H]2CC(CCCCCN)=C[C@H]2C[C@H]1O. The van der Waals surface area contributed by atoms with Gasteiger partial charge in [0.2, 0.25) is 0 Å². The summed E-state index contributed by atoms with van der Waals surface area (Å²) in [7, 11) is 0. The summed E-state index contributed by atoms with van der Waals surface area (Å²) >= 11 is 0. The first-order valence-corrected chi connectivity index (χ1v) is 10.4. The van der Waals surface area contributed by atoms with Crippen LogP contribution in [0.15, 0.2) is 23.8 Å². The van der Waals surface area contributed by atoms with Crippen molar-refractivity contribution in [1.82, 2.24) is 0 Å². The molecule has 0 aromatic heterocycles. The molecule has 0 aliphatic heterocycles. The van der Waals surface area contributed by atoms with Crippen molar-refractivity contribution in [2.24, 2.45) is 23.5 Å². The number of rotatable bonds is 11. The van der Waals surface area contributed by atoms with Gasteiger partial charge in [0, 0.05) is 5.92 Å². The molecule has 2 aliphatic carbocycles. The minimum Gasteiger partial charge on any atom is -0.392 e. The average molecular weight is 350 g/mol. The Labute approximate surface area is 154 Å². The molecule has 1 saturated carbocycles. The lowest BCUT2D eigenvalue weighted by atomic mass is 9.87. The number of fused-ring (bicyclic) bond motifs is 1. The van der Waals surface area contributed by atoms with Crippen LogP contribution in [0.4, 0.5) is 0 Å². The van der Waals surface area contributed by atoms with E-state index in [1.165, 1.54) is 19.3 Å². The smallest absolute Gasteiger partial charge is 0.0654 e. The summed E-state index contributed by atoms with van der Waals surface area (Å²) in [4.78, 5) is 0. The van der Waals surface area contributed by atoms with Gasteiger partial charge in [-0.25, -0.2) is 0 Å². The lowest BCUT2D eigenvalue weighted by molar-refractivity contribution is 0.0513. The third-order valence-corrected chi connectivity index (χ3v) is 6.14. The van der Waals surface area contributed by atoms with Crippen molar-refractivity contribution >= 4 is 0 Å². The Morgan fingerprint density at radius 2 is 2.08 bits per heavy atom. The van der Waals surface area contributed by atoms with Crippen molar-refractivity contribution in [3.63, 3.8) is 0 Å². The minimum atomic E-state index is -0.614. The molecule has 0 saturated heterocycles. The van der Waals surface area contributed by atoms with Gasteiger partial charge in [-0.1, -0.05) is 50.0 Å². The highest BCUT2D eigenvalue weighted by atomic mass is 16.3. The molecule has 0 heterocycles. The van der Waals surface area contributed by atoms with Gasteiger partial charge in [-0.3, -0.25) is 0 Å². The minimum absolute atomic E-state index is 0.220. The maximum atomic E-state index is 10.4. The van der Waals surface area contributed by atoms with Crippen molar-refractivity contribution in [3.8, 4) is 0 Å². The molecule has 3 nitrogen and oxygen atoms in total. The fourth-order valence-corrected chi connectivity index (χ4v) is 4.60. The van der Waals surface area contributed by atoms with Gasteiger partial charge >= 0.3 is 0 Å². The molecule has 0 aromatic rings. The molecule has 2 aliphatic rings. The molecule has 0 unspecified atom stereocenters. The molecule has 0 aromatic carbocycles. The Morgan fingerprint density at radius 1 is 1.28 bits per heavy atom. The third-order valence-electron chi connectivity index (χ3n) is 6.14. The number of allylic oxidation sites excluding steroid dienone is 2.